The smallest absolute Gasteiger partial charge is 0.0742 e. The van der Waals surface area contributed by atoms with E-state index in [1.165, 1.54) is 19.3 Å². The molecule has 0 aromatic rings. The van der Waals surface area contributed by atoms with E-state index in [2.05, 4.69) is 33.4 Å². The van der Waals surface area contributed by atoms with Crippen molar-refractivity contribution in [3.8, 4) is 0 Å². The fourth-order valence-corrected chi connectivity index (χ4v) is 2.99. The van der Waals surface area contributed by atoms with Crippen LogP contribution in [0.1, 0.15) is 47.0 Å². The monoisotopic (exact) mass is 214 g/mol. The summed E-state index contributed by atoms with van der Waals surface area (Å²) < 4.78 is 5.79. The van der Waals surface area contributed by atoms with Crippen LogP contribution in [0.5, 0.6) is 0 Å². The van der Waals surface area contributed by atoms with Crippen molar-refractivity contribution in [1.29, 1.82) is 0 Å². The maximum Gasteiger partial charge on any atom is 0.0742 e. The van der Waals surface area contributed by atoms with Gasteiger partial charge < -0.3 is 10.5 Å². The van der Waals surface area contributed by atoms with Crippen LogP contribution in [0.3, 0.4) is 0 Å². The van der Waals surface area contributed by atoms with Crippen molar-refractivity contribution in [2.45, 2.75) is 52.6 Å². The zero-order chi connectivity index (χ0) is 11.5. The van der Waals surface area contributed by atoms with Crippen LogP contribution in [-0.4, -0.2) is 18.8 Å². The Kier molecular flexibility index (Phi) is 4.60. The van der Waals surface area contributed by atoms with Gasteiger partial charge in [-0.2, -0.15) is 0 Å². The Morgan fingerprint density at radius 3 is 2.53 bits per heavy atom. The minimum Gasteiger partial charge on any atom is -0.376 e. The summed E-state index contributed by atoms with van der Waals surface area (Å²) >= 11 is 0. The molecule has 2 nitrogen and oxygen atoms in total. The average molecular weight is 214 g/mol. The van der Waals surface area contributed by atoms with Gasteiger partial charge in [0, 0.05) is 6.61 Å². The molecule has 1 aliphatic rings. The summed E-state index contributed by atoms with van der Waals surface area (Å²) in [6, 6.07) is 0. The molecule has 0 aromatic heterocycles. The molecule has 0 spiro atoms. The Morgan fingerprint density at radius 1 is 1.40 bits per heavy atom. The third kappa shape index (κ3) is 3.76. The second-order valence-electron chi connectivity index (χ2n) is 5.91. The zero-order valence-corrected chi connectivity index (χ0v) is 10.9. The molecule has 1 heterocycles. The lowest BCUT2D eigenvalue weighted by Gasteiger charge is -2.40. The third-order valence-corrected chi connectivity index (χ3v) is 3.73. The van der Waals surface area contributed by atoms with E-state index in [0.717, 1.165) is 30.9 Å². The molecular weight excluding hydrogens is 186 g/mol. The maximum atomic E-state index is 5.79. The summed E-state index contributed by atoms with van der Waals surface area (Å²) in [5.74, 6) is 2.46. The van der Waals surface area contributed by atoms with E-state index in [9.17, 15) is 0 Å². The van der Waals surface area contributed by atoms with Crippen LogP contribution in [0.4, 0.5) is 0 Å². The first-order chi connectivity index (χ1) is 6.96. The lowest BCUT2D eigenvalue weighted by Crippen LogP contribution is -2.52. The highest BCUT2D eigenvalue weighted by molar-refractivity contribution is 4.83. The first-order valence-corrected chi connectivity index (χ1v) is 6.39. The second-order valence-corrected chi connectivity index (χ2v) is 5.91. The number of ether oxygens (including phenoxy) is 1. The number of hydrogen-bond donors (Lipinski definition) is 1. The van der Waals surface area contributed by atoms with Crippen molar-refractivity contribution in [3.05, 3.63) is 0 Å². The van der Waals surface area contributed by atoms with Gasteiger partial charge in [0.25, 0.3) is 0 Å². The van der Waals surface area contributed by atoms with E-state index in [-0.39, 0.29) is 5.60 Å². The normalized spacial score (nSPS) is 28.0. The van der Waals surface area contributed by atoms with Crippen LogP contribution < -0.4 is 5.73 Å². The minimum absolute atomic E-state index is 0.0945. The van der Waals surface area contributed by atoms with Gasteiger partial charge in [-0.15, -0.1) is 0 Å². The number of hydrogen-bond acceptors (Lipinski definition) is 1. The van der Waals surface area contributed by atoms with E-state index in [1.807, 2.05) is 0 Å². The van der Waals surface area contributed by atoms with Gasteiger partial charge in [0.15, 0.2) is 0 Å². The van der Waals surface area contributed by atoms with Crippen molar-refractivity contribution in [3.63, 3.8) is 0 Å². The molecule has 0 bridgehead atoms. The van der Waals surface area contributed by atoms with Gasteiger partial charge >= 0.3 is 0 Å². The second kappa shape index (κ2) is 5.31. The molecule has 0 saturated carbocycles. The SMILES string of the molecule is CC(C)[C@@H](CC[NH3+])[C@@H]1CCOC(C)(C)C1. The zero-order valence-electron chi connectivity index (χ0n) is 10.9. The van der Waals surface area contributed by atoms with Gasteiger partial charge in [-0.3, -0.25) is 0 Å². The molecular formula is C13H28NO+. The minimum atomic E-state index is 0.0945. The lowest BCUT2D eigenvalue weighted by atomic mass is 9.73. The molecule has 3 N–H and O–H groups in total. The van der Waals surface area contributed by atoms with Crippen molar-refractivity contribution in [2.24, 2.45) is 17.8 Å². The highest BCUT2D eigenvalue weighted by Gasteiger charge is 2.34. The maximum absolute atomic E-state index is 5.79. The summed E-state index contributed by atoms with van der Waals surface area (Å²) in [4.78, 5) is 0. The van der Waals surface area contributed by atoms with Crippen LogP contribution in [0.15, 0.2) is 0 Å². The molecule has 1 rings (SSSR count). The number of rotatable bonds is 4. The van der Waals surface area contributed by atoms with Gasteiger partial charge in [0.1, 0.15) is 0 Å². The van der Waals surface area contributed by atoms with Gasteiger partial charge in [0.2, 0.25) is 0 Å². The Morgan fingerprint density at radius 2 is 2.07 bits per heavy atom. The fourth-order valence-electron chi connectivity index (χ4n) is 2.99. The standard InChI is InChI=1S/C13H27NO/c1-10(2)12(5-7-14)11-6-8-15-13(3,4)9-11/h10-12H,5-9,14H2,1-4H3/p+1/t11-,12-/m1/s1. The third-order valence-electron chi connectivity index (χ3n) is 3.73. The first kappa shape index (κ1) is 13.0. The first-order valence-electron chi connectivity index (χ1n) is 6.39. The van der Waals surface area contributed by atoms with Crippen LogP contribution in [0.2, 0.25) is 0 Å². The van der Waals surface area contributed by atoms with E-state index in [1.54, 1.807) is 0 Å². The van der Waals surface area contributed by atoms with Crippen LogP contribution in [0, 0.1) is 17.8 Å². The van der Waals surface area contributed by atoms with Crippen molar-refractivity contribution in [1.82, 2.24) is 0 Å². The predicted molar refractivity (Wildman–Crippen MR) is 63.5 cm³/mol. The van der Waals surface area contributed by atoms with Gasteiger partial charge in [-0.05, 0) is 50.9 Å². The molecule has 2 heteroatoms. The number of quaternary nitrogens is 1. The molecule has 0 radical (unpaired) electrons. The summed E-state index contributed by atoms with van der Waals surface area (Å²) in [5, 5.41) is 0. The summed E-state index contributed by atoms with van der Waals surface area (Å²) in [7, 11) is 0. The summed E-state index contributed by atoms with van der Waals surface area (Å²) in [5.41, 5.74) is 4.10. The van der Waals surface area contributed by atoms with Gasteiger partial charge in [0.05, 0.1) is 12.1 Å². The molecule has 0 aromatic carbocycles. The van der Waals surface area contributed by atoms with Crippen molar-refractivity contribution >= 4 is 0 Å². The Balaban J connectivity index is 2.59. The molecule has 90 valence electrons. The van der Waals surface area contributed by atoms with Crippen LogP contribution >= 0.6 is 0 Å². The molecule has 0 aliphatic carbocycles. The Bertz CT molecular complexity index is 189. The van der Waals surface area contributed by atoms with E-state index < -0.39 is 0 Å². The van der Waals surface area contributed by atoms with Gasteiger partial charge in [-0.1, -0.05) is 13.8 Å². The van der Waals surface area contributed by atoms with E-state index in [0.29, 0.717) is 0 Å². The average Bonchev–Trinajstić information content (AvgIpc) is 2.11. The topological polar surface area (TPSA) is 36.9 Å². The van der Waals surface area contributed by atoms with E-state index >= 15 is 0 Å². The predicted octanol–water partition coefficient (Wildman–Crippen LogP) is 2.10. The molecule has 1 aliphatic heterocycles. The quantitative estimate of drug-likeness (QED) is 0.764. The van der Waals surface area contributed by atoms with Crippen LogP contribution in [0.25, 0.3) is 0 Å². The van der Waals surface area contributed by atoms with Gasteiger partial charge in [-0.25, -0.2) is 0 Å². The molecule has 15 heavy (non-hydrogen) atoms. The highest BCUT2D eigenvalue weighted by atomic mass is 16.5. The largest absolute Gasteiger partial charge is 0.376 e. The van der Waals surface area contributed by atoms with Crippen molar-refractivity contribution in [2.75, 3.05) is 13.2 Å². The Labute approximate surface area is 94.6 Å². The molecule has 1 saturated heterocycles. The molecule has 2 atom stereocenters. The lowest BCUT2D eigenvalue weighted by molar-refractivity contribution is -0.371. The summed E-state index contributed by atoms with van der Waals surface area (Å²) in [6.45, 7) is 11.2. The van der Waals surface area contributed by atoms with E-state index in [4.69, 9.17) is 4.74 Å². The van der Waals surface area contributed by atoms with Crippen LogP contribution in [-0.2, 0) is 4.74 Å². The Hall–Kier alpha value is -0.0800. The molecule has 0 unspecified atom stereocenters. The highest BCUT2D eigenvalue weighted by Crippen LogP contribution is 2.37. The molecule has 0 amide bonds. The summed E-state index contributed by atoms with van der Waals surface area (Å²) in [6.07, 6.45) is 3.74. The fraction of sp³-hybridized carbons (Fsp3) is 1.00. The van der Waals surface area contributed by atoms with Crippen molar-refractivity contribution < 1.29 is 10.5 Å². The molecule has 1 fully saturated rings.